The van der Waals surface area contributed by atoms with Crippen LogP contribution in [0.25, 0.3) is 0 Å². The van der Waals surface area contributed by atoms with Crippen molar-refractivity contribution >= 4 is 0 Å². The number of rotatable bonds is 14. The van der Waals surface area contributed by atoms with Gasteiger partial charge in [-0.25, -0.2) is 0 Å². The van der Waals surface area contributed by atoms with Crippen LogP contribution in [0.15, 0.2) is 0 Å². The van der Waals surface area contributed by atoms with Gasteiger partial charge in [0, 0.05) is 0 Å². The van der Waals surface area contributed by atoms with E-state index >= 15 is 0 Å². The van der Waals surface area contributed by atoms with Gasteiger partial charge in [0.1, 0.15) is 0 Å². The van der Waals surface area contributed by atoms with Crippen LogP contribution in [-0.4, -0.2) is 13.2 Å². The van der Waals surface area contributed by atoms with E-state index in [1.807, 2.05) is 0 Å². The van der Waals surface area contributed by atoms with Crippen LogP contribution in [0.4, 0.5) is 0 Å². The van der Waals surface area contributed by atoms with Crippen LogP contribution >= 0.6 is 0 Å². The molecular formula is C16H36O3Zr. The molecule has 0 N–H and O–H groups in total. The van der Waals surface area contributed by atoms with Crippen LogP contribution in [0.3, 0.4) is 0 Å². The third-order valence-electron chi connectivity index (χ3n) is 3.87. The summed E-state index contributed by atoms with van der Waals surface area (Å²) >= 11 is -4.65. The van der Waals surface area contributed by atoms with Crippen LogP contribution in [0.2, 0.25) is 8.26 Å². The van der Waals surface area contributed by atoms with Crippen molar-refractivity contribution in [2.45, 2.75) is 87.3 Å². The molecule has 0 spiro atoms. The van der Waals surface area contributed by atoms with Crippen LogP contribution < -0.4 is 0 Å². The fourth-order valence-electron chi connectivity index (χ4n) is 2.38. The van der Waals surface area contributed by atoms with Crippen molar-refractivity contribution in [3.63, 3.8) is 0 Å². The van der Waals surface area contributed by atoms with Gasteiger partial charge in [-0.05, 0) is 0 Å². The standard InChI is InChI=1S/2C4H9O.2C4H9.O.Zr/c2*1-2-3-4-5;2*1-3-4-2;;/h2*2-4H2,1H3;2*1,3-4H2,2H3;;/q2*-1;;;;+2. The van der Waals surface area contributed by atoms with Crippen molar-refractivity contribution in [1.29, 1.82) is 0 Å². The molecule has 0 aromatic rings. The first kappa shape index (κ1) is 20.6. The van der Waals surface area contributed by atoms with Crippen molar-refractivity contribution in [3.8, 4) is 0 Å². The third kappa shape index (κ3) is 8.15. The number of unbranched alkanes of at least 4 members (excludes halogenated alkanes) is 4. The molecule has 0 aliphatic carbocycles. The average molecular weight is 368 g/mol. The molecule has 122 valence electrons. The molecule has 0 radical (unpaired) electrons. The van der Waals surface area contributed by atoms with E-state index in [4.69, 9.17) is 5.63 Å². The summed E-state index contributed by atoms with van der Waals surface area (Å²) in [4.78, 5) is 0. The van der Waals surface area contributed by atoms with Gasteiger partial charge in [-0.3, -0.25) is 0 Å². The molecule has 0 aromatic carbocycles. The normalized spacial score (nSPS) is 12.8. The first-order valence-corrected chi connectivity index (χ1v) is 15.2. The molecule has 0 rings (SSSR count). The fraction of sp³-hybridized carbons (Fsp3) is 1.00. The SMILES string of the molecule is CCCC[O][Zr](=[O])([CH2]CCC)([CH2]CCC)[O]CCCC. The predicted molar refractivity (Wildman–Crippen MR) is 81.8 cm³/mol. The Hall–Kier alpha value is 0.603. The Balaban J connectivity index is 4.89. The predicted octanol–water partition coefficient (Wildman–Crippen LogP) is 5.92. The Morgan fingerprint density at radius 1 is 0.650 bits per heavy atom. The molecule has 4 heteroatoms. The van der Waals surface area contributed by atoms with Crippen molar-refractivity contribution in [1.82, 2.24) is 0 Å². The third-order valence-corrected chi connectivity index (χ3v) is 14.5. The summed E-state index contributed by atoms with van der Waals surface area (Å²) in [5, 5.41) is 0. The quantitative estimate of drug-likeness (QED) is 0.357. The van der Waals surface area contributed by atoms with Crippen LogP contribution in [0.1, 0.15) is 79.1 Å². The van der Waals surface area contributed by atoms with Gasteiger partial charge in [-0.1, -0.05) is 0 Å². The molecule has 0 unspecified atom stereocenters. The van der Waals surface area contributed by atoms with E-state index in [1.165, 1.54) is 0 Å². The maximum absolute atomic E-state index is 13.7. The first-order valence-electron chi connectivity index (χ1n) is 8.73. The van der Waals surface area contributed by atoms with Gasteiger partial charge < -0.3 is 0 Å². The molecule has 0 heterocycles. The first-order chi connectivity index (χ1) is 9.54. The van der Waals surface area contributed by atoms with Crippen LogP contribution in [-0.2, 0) is 28.1 Å². The summed E-state index contributed by atoms with van der Waals surface area (Å²) in [5.41, 5.74) is 0. The van der Waals surface area contributed by atoms with Gasteiger partial charge in [0.05, 0.1) is 0 Å². The van der Waals surface area contributed by atoms with Gasteiger partial charge in [-0.2, -0.15) is 0 Å². The zero-order valence-corrected chi connectivity index (χ0v) is 16.7. The van der Waals surface area contributed by atoms with Gasteiger partial charge in [0.25, 0.3) is 0 Å². The molecule has 0 amide bonds. The minimum absolute atomic E-state index is 0.602. The van der Waals surface area contributed by atoms with E-state index in [2.05, 4.69) is 27.7 Å². The second-order valence-electron chi connectivity index (χ2n) is 5.98. The van der Waals surface area contributed by atoms with E-state index in [1.54, 1.807) is 0 Å². The summed E-state index contributed by atoms with van der Waals surface area (Å²) in [5.74, 6) is 0. The van der Waals surface area contributed by atoms with E-state index < -0.39 is 19.7 Å². The maximum atomic E-state index is 13.7. The molecule has 0 fully saturated rings. The Kier molecular flexibility index (Phi) is 11.5. The molecule has 0 aliphatic rings. The molecule has 0 aliphatic heterocycles. The monoisotopic (exact) mass is 366 g/mol. The molecule has 0 bridgehead atoms. The molecule has 0 atom stereocenters. The van der Waals surface area contributed by atoms with Crippen molar-refractivity contribution in [2.75, 3.05) is 13.2 Å². The average Bonchev–Trinajstić information content (AvgIpc) is 2.44. The van der Waals surface area contributed by atoms with Gasteiger partial charge in [0.15, 0.2) is 0 Å². The van der Waals surface area contributed by atoms with E-state index in [0.717, 1.165) is 51.4 Å². The molecule has 0 saturated heterocycles. The summed E-state index contributed by atoms with van der Waals surface area (Å²) in [6, 6.07) is 0. The van der Waals surface area contributed by atoms with E-state index in [-0.39, 0.29) is 0 Å². The number of hydrogen-bond donors (Lipinski definition) is 0. The Bertz CT molecular complexity index is 261. The Morgan fingerprint density at radius 2 is 1.00 bits per heavy atom. The van der Waals surface area contributed by atoms with Crippen LogP contribution in [0.5, 0.6) is 0 Å². The second-order valence-corrected chi connectivity index (χ2v) is 16.6. The summed E-state index contributed by atoms with van der Waals surface area (Å²) in [6.45, 7) is 9.74. The van der Waals surface area contributed by atoms with Gasteiger partial charge in [0.2, 0.25) is 0 Å². The molecule has 3 nitrogen and oxygen atoms in total. The van der Waals surface area contributed by atoms with E-state index in [9.17, 15) is 2.81 Å². The van der Waals surface area contributed by atoms with Crippen molar-refractivity contribution in [3.05, 3.63) is 0 Å². The van der Waals surface area contributed by atoms with Crippen molar-refractivity contribution in [2.24, 2.45) is 0 Å². The minimum atomic E-state index is -4.65. The second kappa shape index (κ2) is 11.2. The summed E-state index contributed by atoms with van der Waals surface area (Å²) in [7, 11) is 0. The van der Waals surface area contributed by atoms with Gasteiger partial charge >= 0.3 is 129 Å². The topological polar surface area (TPSA) is 35.5 Å². The molecule has 20 heavy (non-hydrogen) atoms. The fourth-order valence-corrected chi connectivity index (χ4v) is 12.7. The number of hydrogen-bond acceptors (Lipinski definition) is 3. The zero-order valence-electron chi connectivity index (χ0n) is 14.2. The van der Waals surface area contributed by atoms with Gasteiger partial charge in [-0.15, -0.1) is 0 Å². The zero-order chi connectivity index (χ0) is 15.3. The molecule has 0 saturated carbocycles. The molecular weight excluding hydrogens is 331 g/mol. The Morgan fingerprint density at radius 3 is 1.30 bits per heavy atom. The van der Waals surface area contributed by atoms with Crippen LogP contribution in [0, 0.1) is 0 Å². The van der Waals surface area contributed by atoms with Crippen molar-refractivity contribution < 1.29 is 28.1 Å². The molecule has 0 aromatic heterocycles. The summed E-state index contributed by atoms with van der Waals surface area (Å²) in [6.07, 6.45) is 8.10. The van der Waals surface area contributed by atoms with E-state index in [0.29, 0.717) is 21.5 Å². The summed E-state index contributed by atoms with van der Waals surface area (Å²) < 4.78 is 27.1. The Labute approximate surface area is 128 Å².